The molecule has 10 nitrogen and oxygen atoms in total. The summed E-state index contributed by atoms with van der Waals surface area (Å²) < 4.78 is 6.86. The smallest absolute Gasteiger partial charge is 0.307 e. The van der Waals surface area contributed by atoms with Crippen molar-refractivity contribution < 1.29 is 19.4 Å². The largest absolute Gasteiger partial charge is 0.481 e. The van der Waals surface area contributed by atoms with Crippen molar-refractivity contribution in [2.24, 2.45) is 13.0 Å². The van der Waals surface area contributed by atoms with E-state index in [0.29, 0.717) is 51.9 Å². The SMILES string of the molecule is COc1nc(-c2cccc(-c3cccc(NC(=O)c4ccnn(C)c4=O)c3Cl)c2Cl)cc2c1C(N1CCC(C(=O)O)C1)CC2. The van der Waals surface area contributed by atoms with E-state index in [1.807, 2.05) is 24.3 Å². The van der Waals surface area contributed by atoms with Gasteiger partial charge in [-0.3, -0.25) is 19.3 Å². The summed E-state index contributed by atoms with van der Waals surface area (Å²) in [5.41, 5.74) is 4.40. The monoisotopic (exact) mass is 633 g/mol. The zero-order valence-electron chi connectivity index (χ0n) is 24.0. The average Bonchev–Trinajstić information content (AvgIpc) is 3.67. The van der Waals surface area contributed by atoms with Gasteiger partial charge >= 0.3 is 5.97 Å². The molecule has 1 aliphatic carbocycles. The maximum absolute atomic E-state index is 12.9. The highest BCUT2D eigenvalue weighted by Crippen LogP contribution is 2.46. The summed E-state index contributed by atoms with van der Waals surface area (Å²) in [6, 6.07) is 14.2. The number of halogens is 2. The second-order valence-corrected chi connectivity index (χ2v) is 11.7. The van der Waals surface area contributed by atoms with Gasteiger partial charge in [0.25, 0.3) is 11.5 Å². The van der Waals surface area contributed by atoms with Crippen LogP contribution in [-0.4, -0.2) is 56.8 Å². The zero-order valence-corrected chi connectivity index (χ0v) is 25.5. The van der Waals surface area contributed by atoms with Crippen LogP contribution >= 0.6 is 23.2 Å². The van der Waals surface area contributed by atoms with E-state index in [4.69, 9.17) is 32.9 Å². The van der Waals surface area contributed by atoms with Gasteiger partial charge in [-0.25, -0.2) is 9.67 Å². The number of likely N-dealkylation sites (tertiary alicyclic amines) is 1. The number of carboxylic acid groups (broad SMARTS) is 1. The number of benzene rings is 2. The van der Waals surface area contributed by atoms with E-state index in [1.165, 1.54) is 19.3 Å². The summed E-state index contributed by atoms with van der Waals surface area (Å²) in [5, 5.41) is 16.8. The first-order valence-corrected chi connectivity index (χ1v) is 14.9. The minimum absolute atomic E-state index is 0.0526. The molecule has 0 radical (unpaired) electrons. The van der Waals surface area contributed by atoms with Crippen molar-refractivity contribution in [1.29, 1.82) is 0 Å². The van der Waals surface area contributed by atoms with Crippen LogP contribution in [0.5, 0.6) is 5.88 Å². The molecule has 6 rings (SSSR count). The molecule has 1 saturated heterocycles. The maximum Gasteiger partial charge on any atom is 0.307 e. The number of ether oxygens (including phenoxy) is 1. The Kier molecular flexibility index (Phi) is 8.15. The molecular formula is C32H29Cl2N5O5. The second kappa shape index (κ2) is 12.0. The number of aromatic nitrogens is 3. The van der Waals surface area contributed by atoms with Crippen LogP contribution < -0.4 is 15.6 Å². The summed E-state index contributed by atoms with van der Waals surface area (Å²) in [7, 11) is 3.06. The van der Waals surface area contributed by atoms with Gasteiger partial charge in [0.15, 0.2) is 0 Å². The van der Waals surface area contributed by atoms with Crippen LogP contribution in [0.3, 0.4) is 0 Å². The first kappa shape index (κ1) is 29.8. The molecule has 1 amide bonds. The van der Waals surface area contributed by atoms with Gasteiger partial charge in [-0.2, -0.15) is 5.10 Å². The lowest BCUT2D eigenvalue weighted by Crippen LogP contribution is -2.28. The Balaban J connectivity index is 1.32. The molecule has 0 spiro atoms. The van der Waals surface area contributed by atoms with Crippen molar-refractivity contribution in [3.05, 3.63) is 91.8 Å². The second-order valence-electron chi connectivity index (χ2n) is 10.9. The van der Waals surface area contributed by atoms with E-state index in [1.54, 1.807) is 25.3 Å². The van der Waals surface area contributed by atoms with Crippen molar-refractivity contribution in [2.75, 3.05) is 25.5 Å². The summed E-state index contributed by atoms with van der Waals surface area (Å²) in [6.07, 6.45) is 3.68. The third-order valence-electron chi connectivity index (χ3n) is 8.39. The van der Waals surface area contributed by atoms with E-state index in [9.17, 15) is 19.5 Å². The van der Waals surface area contributed by atoms with Crippen molar-refractivity contribution in [3.63, 3.8) is 0 Å². The number of aliphatic carboxylic acids is 1. The molecule has 0 saturated carbocycles. The highest BCUT2D eigenvalue weighted by atomic mass is 35.5. The molecule has 3 heterocycles. The molecule has 2 unspecified atom stereocenters. The molecule has 1 aliphatic heterocycles. The Labute approximate surface area is 263 Å². The Morgan fingerprint density at radius 3 is 2.50 bits per heavy atom. The van der Waals surface area contributed by atoms with Gasteiger partial charge in [-0.1, -0.05) is 53.5 Å². The maximum atomic E-state index is 12.9. The lowest BCUT2D eigenvalue weighted by Gasteiger charge is -2.25. The van der Waals surface area contributed by atoms with Crippen LogP contribution in [0.2, 0.25) is 10.0 Å². The molecular weight excluding hydrogens is 605 g/mol. The number of nitrogens with zero attached hydrogens (tertiary/aromatic N) is 4. The number of hydrogen-bond donors (Lipinski definition) is 2. The van der Waals surface area contributed by atoms with Gasteiger partial charge in [0.05, 0.1) is 34.5 Å². The number of aryl methyl sites for hydroxylation is 2. The first-order valence-electron chi connectivity index (χ1n) is 14.1. The highest BCUT2D eigenvalue weighted by Gasteiger charge is 2.38. The van der Waals surface area contributed by atoms with Crippen LogP contribution in [0.25, 0.3) is 22.4 Å². The summed E-state index contributed by atoms with van der Waals surface area (Å²) in [5.74, 6) is -1.22. The number of pyridine rings is 1. The normalized spacial score (nSPS) is 17.8. The molecule has 12 heteroatoms. The van der Waals surface area contributed by atoms with Gasteiger partial charge in [0, 0.05) is 48.1 Å². The molecule has 226 valence electrons. The van der Waals surface area contributed by atoms with E-state index in [0.717, 1.165) is 35.2 Å². The van der Waals surface area contributed by atoms with Crippen LogP contribution in [0.15, 0.2) is 59.5 Å². The van der Waals surface area contributed by atoms with Crippen molar-refractivity contribution in [1.82, 2.24) is 19.7 Å². The fraction of sp³-hybridized carbons (Fsp3) is 0.281. The topological polar surface area (TPSA) is 127 Å². The first-order chi connectivity index (χ1) is 21.2. The van der Waals surface area contributed by atoms with Crippen molar-refractivity contribution >= 4 is 40.8 Å². The third kappa shape index (κ3) is 5.34. The van der Waals surface area contributed by atoms with E-state index < -0.39 is 17.4 Å². The third-order valence-corrected chi connectivity index (χ3v) is 9.21. The van der Waals surface area contributed by atoms with Crippen LogP contribution in [0, 0.1) is 5.92 Å². The standard InChI is InChI=1S/C32H29Cl2N5O5/c1-38-31(41)22(11-13-35-38)29(40)36-23-8-4-6-20(28(23)34)19-5-3-7-21(27(19)33)24-15-17-9-10-25(26(17)30(37-24)44-2)39-14-12-18(16-39)32(42)43/h3-8,11,13,15,18,25H,9-10,12,14,16H2,1-2H3,(H,36,40)(H,42,43). The molecule has 0 bridgehead atoms. The van der Waals surface area contributed by atoms with Gasteiger partial charge in [0.1, 0.15) is 5.56 Å². The summed E-state index contributed by atoms with van der Waals surface area (Å²) in [6.45, 7) is 1.23. The van der Waals surface area contributed by atoms with Crippen LogP contribution in [-0.2, 0) is 18.3 Å². The molecule has 1 fully saturated rings. The van der Waals surface area contributed by atoms with Gasteiger partial charge in [-0.05, 0) is 49.6 Å². The lowest BCUT2D eigenvalue weighted by atomic mass is 9.99. The average molecular weight is 635 g/mol. The lowest BCUT2D eigenvalue weighted by molar-refractivity contribution is -0.141. The number of hydrogen-bond acceptors (Lipinski definition) is 7. The van der Waals surface area contributed by atoms with Crippen LogP contribution in [0.1, 0.15) is 40.4 Å². The molecule has 2 aliphatic rings. The molecule has 44 heavy (non-hydrogen) atoms. The number of amides is 1. The minimum atomic E-state index is -0.756. The zero-order chi connectivity index (χ0) is 31.1. The predicted molar refractivity (Wildman–Crippen MR) is 167 cm³/mol. The van der Waals surface area contributed by atoms with Crippen LogP contribution in [0.4, 0.5) is 5.69 Å². The number of carboxylic acids is 1. The Morgan fingerprint density at radius 1 is 1.05 bits per heavy atom. The number of carbonyl (C=O) groups is 2. The van der Waals surface area contributed by atoms with E-state index in [-0.39, 0.29) is 22.5 Å². The Bertz CT molecular complexity index is 1860. The number of anilines is 1. The molecule has 2 aromatic carbocycles. The number of nitrogens with one attached hydrogen (secondary N) is 1. The van der Waals surface area contributed by atoms with E-state index >= 15 is 0 Å². The predicted octanol–water partition coefficient (Wildman–Crippen LogP) is 5.47. The van der Waals surface area contributed by atoms with E-state index in [2.05, 4.69) is 15.3 Å². The van der Waals surface area contributed by atoms with Crippen molar-refractivity contribution in [2.45, 2.75) is 25.3 Å². The summed E-state index contributed by atoms with van der Waals surface area (Å²) >= 11 is 13.8. The Hall–Kier alpha value is -4.25. The molecule has 2 N–H and O–H groups in total. The Morgan fingerprint density at radius 2 is 1.77 bits per heavy atom. The highest BCUT2D eigenvalue weighted by molar-refractivity contribution is 6.39. The van der Waals surface area contributed by atoms with Gasteiger partial charge in [-0.15, -0.1) is 0 Å². The van der Waals surface area contributed by atoms with Crippen molar-refractivity contribution in [3.8, 4) is 28.3 Å². The number of fused-ring (bicyclic) bond motifs is 1. The van der Waals surface area contributed by atoms with Gasteiger partial charge in [0.2, 0.25) is 5.88 Å². The summed E-state index contributed by atoms with van der Waals surface area (Å²) in [4.78, 5) is 43.9. The number of methoxy groups -OCH3 is 1. The number of rotatable bonds is 7. The minimum Gasteiger partial charge on any atom is -0.481 e. The number of carbonyl (C=O) groups excluding carboxylic acids is 1. The quantitative estimate of drug-likeness (QED) is 0.274. The van der Waals surface area contributed by atoms with Gasteiger partial charge < -0.3 is 15.2 Å². The molecule has 4 aromatic rings. The molecule has 2 aromatic heterocycles. The fourth-order valence-electron chi connectivity index (χ4n) is 6.16. The molecule has 2 atom stereocenters. The fourth-order valence-corrected chi connectivity index (χ4v) is 6.75.